The number of fused-ring (bicyclic) bond motifs is 1. The molecule has 0 unspecified atom stereocenters. The van der Waals surface area contributed by atoms with Crippen molar-refractivity contribution in [1.82, 2.24) is 9.78 Å². The lowest BCUT2D eigenvalue weighted by molar-refractivity contribution is 0.144. The molecule has 0 N–H and O–H groups in total. The topological polar surface area (TPSA) is 61.2 Å². The van der Waals surface area contributed by atoms with Crippen molar-refractivity contribution in [2.45, 2.75) is 24.3 Å². The fourth-order valence-corrected chi connectivity index (χ4v) is 2.71. The van der Waals surface area contributed by atoms with Gasteiger partial charge >= 0.3 is 0 Å². The molecule has 3 rings (SSSR count). The molecule has 1 aliphatic carbocycles. The zero-order chi connectivity index (χ0) is 10.7. The molecule has 0 amide bonds. The second-order valence-corrected chi connectivity index (χ2v) is 6.73. The normalized spacial score (nSPS) is 22.2. The smallest absolute Gasteiger partial charge is 0.268 e. The summed E-state index contributed by atoms with van der Waals surface area (Å²) in [5, 5.41) is 3.99. The van der Waals surface area contributed by atoms with E-state index in [4.69, 9.17) is 15.4 Å². The first kappa shape index (κ1) is 9.47. The third-order valence-electron chi connectivity index (χ3n) is 2.98. The van der Waals surface area contributed by atoms with Crippen LogP contribution in [0.25, 0.3) is 0 Å². The fraction of sp³-hybridized carbons (Fsp3) is 0.625. The summed E-state index contributed by atoms with van der Waals surface area (Å²) in [6.07, 6.45) is 3.49. The van der Waals surface area contributed by atoms with E-state index in [2.05, 4.69) is 5.10 Å². The SMILES string of the molecule is O=S(=O)(Cl)c1cnn2c1OCC1(CC1)C2. The van der Waals surface area contributed by atoms with Crippen LogP contribution in [0.4, 0.5) is 0 Å². The van der Waals surface area contributed by atoms with Crippen molar-refractivity contribution in [3.8, 4) is 5.88 Å². The third-order valence-corrected chi connectivity index (χ3v) is 4.28. The first-order valence-corrected chi connectivity index (χ1v) is 6.94. The summed E-state index contributed by atoms with van der Waals surface area (Å²) >= 11 is 0. The van der Waals surface area contributed by atoms with Crippen molar-refractivity contribution in [3.05, 3.63) is 6.20 Å². The highest BCUT2D eigenvalue weighted by molar-refractivity contribution is 8.13. The standard InChI is InChI=1S/C8H9ClN2O3S/c9-15(12,13)6-3-10-11-4-8(1-2-8)5-14-7(6)11/h3H,1-2,4-5H2. The summed E-state index contributed by atoms with van der Waals surface area (Å²) in [5.74, 6) is 0.280. The van der Waals surface area contributed by atoms with Crippen LogP contribution < -0.4 is 4.74 Å². The summed E-state index contributed by atoms with van der Waals surface area (Å²) < 4.78 is 29.4. The zero-order valence-electron chi connectivity index (χ0n) is 7.81. The fourth-order valence-electron chi connectivity index (χ4n) is 1.85. The lowest BCUT2D eigenvalue weighted by atomic mass is 10.1. The molecular weight excluding hydrogens is 240 g/mol. The molecule has 0 bridgehead atoms. The van der Waals surface area contributed by atoms with E-state index in [9.17, 15) is 8.42 Å². The van der Waals surface area contributed by atoms with Gasteiger partial charge in [-0.3, -0.25) is 0 Å². The highest BCUT2D eigenvalue weighted by Gasteiger charge is 2.48. The maximum Gasteiger partial charge on any atom is 0.268 e. The Kier molecular flexibility index (Phi) is 1.69. The van der Waals surface area contributed by atoms with Crippen LogP contribution in [0.15, 0.2) is 11.1 Å². The van der Waals surface area contributed by atoms with Gasteiger partial charge in [-0.25, -0.2) is 13.1 Å². The summed E-state index contributed by atoms with van der Waals surface area (Å²) in [6.45, 7) is 1.30. The van der Waals surface area contributed by atoms with Crippen LogP contribution in [0.3, 0.4) is 0 Å². The van der Waals surface area contributed by atoms with Gasteiger partial charge in [0.25, 0.3) is 9.05 Å². The Bertz CT molecular complexity index is 518. The van der Waals surface area contributed by atoms with Crippen molar-refractivity contribution < 1.29 is 13.2 Å². The predicted molar refractivity (Wildman–Crippen MR) is 52.4 cm³/mol. The van der Waals surface area contributed by atoms with E-state index >= 15 is 0 Å². The Morgan fingerprint density at radius 2 is 2.27 bits per heavy atom. The number of ether oxygens (including phenoxy) is 1. The number of halogens is 1. The van der Waals surface area contributed by atoms with Gasteiger partial charge in [0.2, 0.25) is 5.88 Å². The summed E-state index contributed by atoms with van der Waals surface area (Å²) in [6, 6.07) is 0. The van der Waals surface area contributed by atoms with Crippen LogP contribution >= 0.6 is 10.7 Å². The Morgan fingerprint density at radius 1 is 1.53 bits per heavy atom. The van der Waals surface area contributed by atoms with Crippen LogP contribution in [0.2, 0.25) is 0 Å². The number of hydrogen-bond donors (Lipinski definition) is 0. The van der Waals surface area contributed by atoms with Gasteiger partial charge in [-0.1, -0.05) is 0 Å². The molecule has 1 aliphatic heterocycles. The van der Waals surface area contributed by atoms with Gasteiger partial charge < -0.3 is 4.74 Å². The van der Waals surface area contributed by atoms with Crippen LogP contribution in [0.5, 0.6) is 5.88 Å². The van der Waals surface area contributed by atoms with Gasteiger partial charge in [0.1, 0.15) is 0 Å². The van der Waals surface area contributed by atoms with Gasteiger partial charge in [0.05, 0.1) is 19.3 Å². The maximum atomic E-state index is 11.2. The molecule has 1 spiro atoms. The first-order valence-electron chi connectivity index (χ1n) is 4.64. The van der Waals surface area contributed by atoms with E-state index < -0.39 is 9.05 Å². The molecular formula is C8H9ClN2O3S. The Labute approximate surface area is 91.4 Å². The zero-order valence-corrected chi connectivity index (χ0v) is 9.38. The molecule has 0 aromatic carbocycles. The molecule has 7 heteroatoms. The van der Waals surface area contributed by atoms with E-state index in [-0.39, 0.29) is 16.2 Å². The monoisotopic (exact) mass is 248 g/mol. The number of hydrogen-bond acceptors (Lipinski definition) is 4. The van der Waals surface area contributed by atoms with Crippen LogP contribution in [-0.2, 0) is 15.6 Å². The Balaban J connectivity index is 2.06. The molecule has 0 saturated heterocycles. The lowest BCUT2D eigenvalue weighted by Crippen LogP contribution is -2.27. The molecule has 1 aromatic heterocycles. The Hall–Kier alpha value is -0.750. The van der Waals surface area contributed by atoms with Gasteiger partial charge in [0, 0.05) is 16.1 Å². The van der Waals surface area contributed by atoms with Gasteiger partial charge in [-0.15, -0.1) is 0 Å². The number of rotatable bonds is 1. The molecule has 1 fully saturated rings. The van der Waals surface area contributed by atoms with Crippen molar-refractivity contribution in [2.24, 2.45) is 5.41 Å². The van der Waals surface area contributed by atoms with Gasteiger partial charge in [0.15, 0.2) is 4.90 Å². The molecule has 2 aliphatic rings. The van der Waals surface area contributed by atoms with Crippen LogP contribution in [0.1, 0.15) is 12.8 Å². The Morgan fingerprint density at radius 3 is 2.87 bits per heavy atom. The third kappa shape index (κ3) is 1.43. The van der Waals surface area contributed by atoms with Crippen LogP contribution in [-0.4, -0.2) is 24.8 Å². The van der Waals surface area contributed by atoms with Gasteiger partial charge in [-0.05, 0) is 12.8 Å². The average molecular weight is 249 g/mol. The van der Waals surface area contributed by atoms with Crippen molar-refractivity contribution in [2.75, 3.05) is 6.61 Å². The summed E-state index contributed by atoms with van der Waals surface area (Å²) in [4.78, 5) is -0.0281. The number of nitrogens with zero attached hydrogens (tertiary/aromatic N) is 2. The van der Waals surface area contributed by atoms with E-state index in [1.54, 1.807) is 4.68 Å². The number of aromatic nitrogens is 2. The van der Waals surface area contributed by atoms with E-state index in [1.165, 1.54) is 6.20 Å². The summed E-state index contributed by atoms with van der Waals surface area (Å²) in [7, 11) is 1.51. The van der Waals surface area contributed by atoms with Gasteiger partial charge in [-0.2, -0.15) is 5.10 Å². The van der Waals surface area contributed by atoms with Crippen molar-refractivity contribution >= 4 is 19.7 Å². The molecule has 0 atom stereocenters. The van der Waals surface area contributed by atoms with Crippen LogP contribution in [0, 0.1) is 5.41 Å². The minimum absolute atomic E-state index is 0.0281. The highest BCUT2D eigenvalue weighted by atomic mass is 35.7. The molecule has 0 radical (unpaired) electrons. The average Bonchev–Trinajstić information content (AvgIpc) is 2.75. The minimum atomic E-state index is -3.75. The molecule has 1 aromatic rings. The lowest BCUT2D eigenvalue weighted by Gasteiger charge is -2.23. The molecule has 1 saturated carbocycles. The predicted octanol–water partition coefficient (Wildman–Crippen LogP) is 0.983. The largest absolute Gasteiger partial charge is 0.476 e. The van der Waals surface area contributed by atoms with Crippen molar-refractivity contribution in [1.29, 1.82) is 0 Å². The quantitative estimate of drug-likeness (QED) is 0.696. The van der Waals surface area contributed by atoms with E-state index in [0.29, 0.717) is 6.61 Å². The van der Waals surface area contributed by atoms with E-state index in [0.717, 1.165) is 19.4 Å². The maximum absolute atomic E-state index is 11.2. The molecule has 5 nitrogen and oxygen atoms in total. The summed E-state index contributed by atoms with van der Waals surface area (Å²) in [5.41, 5.74) is 0.201. The van der Waals surface area contributed by atoms with Crippen molar-refractivity contribution in [3.63, 3.8) is 0 Å². The molecule has 2 heterocycles. The van der Waals surface area contributed by atoms with E-state index in [1.807, 2.05) is 0 Å². The molecule has 15 heavy (non-hydrogen) atoms. The first-order chi connectivity index (χ1) is 7.00. The highest BCUT2D eigenvalue weighted by Crippen LogP contribution is 2.50. The second-order valence-electron chi connectivity index (χ2n) is 4.20. The second kappa shape index (κ2) is 2.68. The molecule has 82 valence electrons. The minimum Gasteiger partial charge on any atom is -0.476 e.